The first-order chi connectivity index (χ1) is 26.1. The summed E-state index contributed by atoms with van der Waals surface area (Å²) in [5, 5.41) is 4.69. The summed E-state index contributed by atoms with van der Waals surface area (Å²) in [4.78, 5) is 10.7. The Bertz CT molecular complexity index is 2850. The minimum absolute atomic E-state index is 0.0662. The third kappa shape index (κ3) is 5.02. The van der Waals surface area contributed by atoms with Crippen LogP contribution in [0.2, 0.25) is 0 Å². The molecule has 0 saturated heterocycles. The molecule has 0 saturated carbocycles. The van der Waals surface area contributed by atoms with Crippen LogP contribution in [0.4, 0.5) is 0 Å². The van der Waals surface area contributed by atoms with Gasteiger partial charge in [-0.05, 0) is 78.2 Å². The van der Waals surface area contributed by atoms with Crippen molar-refractivity contribution in [2.24, 2.45) is 0 Å². The van der Waals surface area contributed by atoms with Gasteiger partial charge >= 0.3 is 0 Å². The van der Waals surface area contributed by atoms with Crippen molar-refractivity contribution >= 4 is 21.5 Å². The van der Waals surface area contributed by atoms with Crippen LogP contribution in [0.1, 0.15) is 25.0 Å². The molecule has 2 heteroatoms. The highest BCUT2D eigenvalue weighted by atomic mass is 14.9. The molecule has 0 radical (unpaired) electrons. The number of aromatic nitrogens is 2. The van der Waals surface area contributed by atoms with Gasteiger partial charge in [-0.25, -0.2) is 9.97 Å². The van der Waals surface area contributed by atoms with Crippen LogP contribution in [0, 0.1) is 0 Å². The van der Waals surface area contributed by atoms with Crippen LogP contribution in [0.25, 0.3) is 88.8 Å². The molecule has 2 nitrogen and oxygen atoms in total. The van der Waals surface area contributed by atoms with Crippen molar-refractivity contribution in [2.75, 3.05) is 0 Å². The van der Waals surface area contributed by atoms with E-state index in [1.165, 1.54) is 60.7 Å². The molecule has 0 unspecified atom stereocenters. The fraction of sp³-hybridized carbons (Fsp3) is 0.0588. The van der Waals surface area contributed by atoms with Crippen molar-refractivity contribution in [1.29, 1.82) is 0 Å². The Morgan fingerprint density at radius 1 is 0.340 bits per heavy atom. The summed E-state index contributed by atoms with van der Waals surface area (Å²) < 4.78 is 0. The SMILES string of the molecule is CC1(C)c2ccccc2-c2c(-c3ccc(-c4nc(-c5ccccc5)cc(-c5ccc(-c6ccccc6)c6ccccc56)n4)c4ccccc34)cccc21. The lowest BCUT2D eigenvalue weighted by molar-refractivity contribution is 0.660. The molecule has 0 bridgehead atoms. The number of fused-ring (bicyclic) bond motifs is 5. The van der Waals surface area contributed by atoms with Gasteiger partial charge in [-0.3, -0.25) is 0 Å². The van der Waals surface area contributed by atoms with Gasteiger partial charge in [-0.15, -0.1) is 0 Å². The van der Waals surface area contributed by atoms with Crippen molar-refractivity contribution in [1.82, 2.24) is 9.97 Å². The second-order valence-electron chi connectivity index (χ2n) is 14.5. The molecular formula is C51H36N2. The van der Waals surface area contributed by atoms with E-state index in [0.29, 0.717) is 5.82 Å². The highest BCUT2D eigenvalue weighted by Gasteiger charge is 2.36. The Balaban J connectivity index is 1.19. The molecule has 53 heavy (non-hydrogen) atoms. The number of hydrogen-bond donors (Lipinski definition) is 0. The number of rotatable bonds is 5. The third-order valence-corrected chi connectivity index (χ3v) is 11.1. The Labute approximate surface area is 310 Å². The fourth-order valence-electron chi connectivity index (χ4n) is 8.56. The van der Waals surface area contributed by atoms with E-state index in [9.17, 15) is 0 Å². The molecular weight excluding hydrogens is 641 g/mol. The van der Waals surface area contributed by atoms with E-state index in [1.54, 1.807) is 0 Å². The molecule has 0 spiro atoms. The highest BCUT2D eigenvalue weighted by Crippen LogP contribution is 2.53. The van der Waals surface area contributed by atoms with E-state index in [0.717, 1.165) is 33.5 Å². The van der Waals surface area contributed by atoms with Gasteiger partial charge < -0.3 is 0 Å². The topological polar surface area (TPSA) is 25.8 Å². The quantitative estimate of drug-likeness (QED) is 0.181. The summed E-state index contributed by atoms with van der Waals surface area (Å²) in [6.45, 7) is 4.69. The average Bonchev–Trinajstić information content (AvgIpc) is 3.46. The van der Waals surface area contributed by atoms with Crippen molar-refractivity contribution in [2.45, 2.75) is 19.3 Å². The maximum Gasteiger partial charge on any atom is 0.161 e. The fourth-order valence-corrected chi connectivity index (χ4v) is 8.56. The predicted octanol–water partition coefficient (Wildman–Crippen LogP) is 13.4. The van der Waals surface area contributed by atoms with E-state index in [2.05, 4.69) is 196 Å². The first-order valence-electron chi connectivity index (χ1n) is 18.3. The Morgan fingerprint density at radius 3 is 1.57 bits per heavy atom. The molecule has 10 rings (SSSR count). The second-order valence-corrected chi connectivity index (χ2v) is 14.5. The maximum atomic E-state index is 5.40. The van der Waals surface area contributed by atoms with Crippen LogP contribution < -0.4 is 0 Å². The lowest BCUT2D eigenvalue weighted by Crippen LogP contribution is -2.14. The van der Waals surface area contributed by atoms with Crippen LogP contribution in [0.5, 0.6) is 0 Å². The summed E-state index contributed by atoms with van der Waals surface area (Å²) in [6, 6.07) is 65.3. The molecule has 0 aliphatic heterocycles. The summed E-state index contributed by atoms with van der Waals surface area (Å²) in [5.41, 5.74) is 15.2. The summed E-state index contributed by atoms with van der Waals surface area (Å²) >= 11 is 0. The monoisotopic (exact) mass is 676 g/mol. The standard InChI is InChI=1S/C51H36N2/c1-51(2)45-26-14-13-24-44(45)49-42(25-15-27-46(49)51)40-29-31-43(39-23-12-10-21-37(39)40)50-52-47(34-18-7-4-8-19-34)32-48(53-50)41-30-28-35(33-16-5-3-6-17-33)36-20-9-11-22-38(36)41/h3-32H,1-2H3. The Hall–Kier alpha value is -6.64. The van der Waals surface area contributed by atoms with Crippen LogP contribution in [0.15, 0.2) is 182 Å². The number of nitrogens with zero attached hydrogens (tertiary/aromatic N) is 2. The zero-order valence-corrected chi connectivity index (χ0v) is 29.7. The van der Waals surface area contributed by atoms with Gasteiger partial charge in [0.25, 0.3) is 0 Å². The number of benzene rings is 8. The Kier molecular flexibility index (Phi) is 7.19. The average molecular weight is 677 g/mol. The van der Waals surface area contributed by atoms with Crippen molar-refractivity contribution in [3.05, 3.63) is 193 Å². The van der Waals surface area contributed by atoms with Gasteiger partial charge in [0.2, 0.25) is 0 Å². The molecule has 8 aromatic carbocycles. The zero-order valence-electron chi connectivity index (χ0n) is 29.7. The minimum Gasteiger partial charge on any atom is -0.228 e. The van der Waals surface area contributed by atoms with Crippen molar-refractivity contribution in [3.63, 3.8) is 0 Å². The second kappa shape index (κ2) is 12.3. The van der Waals surface area contributed by atoms with Crippen LogP contribution >= 0.6 is 0 Å². The molecule has 250 valence electrons. The van der Waals surface area contributed by atoms with Crippen LogP contribution in [-0.4, -0.2) is 9.97 Å². The minimum atomic E-state index is -0.0662. The lowest BCUT2D eigenvalue weighted by atomic mass is 9.81. The summed E-state index contributed by atoms with van der Waals surface area (Å²) in [6.07, 6.45) is 0. The first-order valence-corrected chi connectivity index (χ1v) is 18.3. The van der Waals surface area contributed by atoms with Gasteiger partial charge in [0, 0.05) is 22.1 Å². The zero-order chi connectivity index (χ0) is 35.5. The molecule has 0 amide bonds. The van der Waals surface area contributed by atoms with E-state index in [1.807, 2.05) is 0 Å². The van der Waals surface area contributed by atoms with Gasteiger partial charge in [0.15, 0.2) is 5.82 Å². The van der Waals surface area contributed by atoms with Gasteiger partial charge in [0.05, 0.1) is 11.4 Å². The van der Waals surface area contributed by atoms with Gasteiger partial charge in [-0.2, -0.15) is 0 Å². The Morgan fingerprint density at radius 2 is 0.830 bits per heavy atom. The third-order valence-electron chi connectivity index (χ3n) is 11.1. The van der Waals surface area contributed by atoms with Crippen LogP contribution in [0.3, 0.4) is 0 Å². The molecule has 9 aromatic rings. The van der Waals surface area contributed by atoms with Crippen LogP contribution in [-0.2, 0) is 5.41 Å². The van der Waals surface area contributed by atoms with E-state index >= 15 is 0 Å². The molecule has 0 atom stereocenters. The molecule has 1 aliphatic rings. The molecule has 1 aromatic heterocycles. The summed E-state index contributed by atoms with van der Waals surface area (Å²) in [7, 11) is 0. The van der Waals surface area contributed by atoms with E-state index < -0.39 is 0 Å². The lowest BCUT2D eigenvalue weighted by Gasteiger charge is -2.21. The molecule has 1 heterocycles. The van der Waals surface area contributed by atoms with Crippen molar-refractivity contribution in [3.8, 4) is 67.3 Å². The smallest absolute Gasteiger partial charge is 0.161 e. The predicted molar refractivity (Wildman–Crippen MR) is 222 cm³/mol. The normalized spacial score (nSPS) is 12.9. The molecule has 1 aliphatic carbocycles. The summed E-state index contributed by atoms with van der Waals surface area (Å²) in [5.74, 6) is 0.713. The first kappa shape index (κ1) is 31.1. The van der Waals surface area contributed by atoms with E-state index in [4.69, 9.17) is 9.97 Å². The van der Waals surface area contributed by atoms with Gasteiger partial charge in [0.1, 0.15) is 0 Å². The highest BCUT2D eigenvalue weighted by molar-refractivity contribution is 6.08. The molecule has 0 N–H and O–H groups in total. The van der Waals surface area contributed by atoms with Crippen molar-refractivity contribution < 1.29 is 0 Å². The molecule has 0 fully saturated rings. The van der Waals surface area contributed by atoms with Gasteiger partial charge in [-0.1, -0.05) is 184 Å². The number of hydrogen-bond acceptors (Lipinski definition) is 2. The largest absolute Gasteiger partial charge is 0.228 e. The maximum absolute atomic E-state index is 5.40. The van der Waals surface area contributed by atoms with E-state index in [-0.39, 0.29) is 5.41 Å².